The number of carbonyl (C=O) groups excluding carboxylic acids is 1. The van der Waals surface area contributed by atoms with Crippen molar-refractivity contribution in [2.75, 3.05) is 50.1 Å². The zero-order valence-electron chi connectivity index (χ0n) is 24.1. The monoisotopic (exact) mass is 575 g/mol. The minimum Gasteiger partial charge on any atom is -0.358 e. The summed E-state index contributed by atoms with van der Waals surface area (Å²) >= 11 is 6.92. The van der Waals surface area contributed by atoms with Gasteiger partial charge in [-0.15, -0.1) is 0 Å². The molecular formula is C31H35ClFN7O. The number of piperazine rings is 1. The van der Waals surface area contributed by atoms with Crippen molar-refractivity contribution in [3.8, 4) is 11.1 Å². The molecule has 1 amide bonds. The summed E-state index contributed by atoms with van der Waals surface area (Å²) in [4.78, 5) is 33.9. The largest absolute Gasteiger partial charge is 0.358 e. The summed E-state index contributed by atoms with van der Waals surface area (Å²) in [5.74, 6) is 0.570. The Labute approximate surface area is 244 Å². The number of aromatic nitrogens is 3. The average molecular weight is 576 g/mol. The lowest BCUT2D eigenvalue weighted by Gasteiger charge is -2.45. The van der Waals surface area contributed by atoms with Crippen molar-refractivity contribution in [2.24, 2.45) is 0 Å². The second-order valence-electron chi connectivity index (χ2n) is 11.5. The molecular weight excluding hydrogens is 541 g/mol. The van der Waals surface area contributed by atoms with Crippen LogP contribution in [0.3, 0.4) is 0 Å². The Bertz CT molecular complexity index is 1680. The molecule has 2 aromatic carbocycles. The van der Waals surface area contributed by atoms with E-state index in [4.69, 9.17) is 21.6 Å². The maximum absolute atomic E-state index is 16.8. The van der Waals surface area contributed by atoms with E-state index in [1.165, 1.54) is 6.08 Å². The van der Waals surface area contributed by atoms with Crippen LogP contribution in [0.1, 0.15) is 19.5 Å². The molecule has 1 N–H and O–H groups in total. The first-order valence-corrected chi connectivity index (χ1v) is 14.3. The van der Waals surface area contributed by atoms with Crippen LogP contribution in [0.5, 0.6) is 0 Å². The number of para-hydroxylation sites is 1. The number of benzene rings is 2. The molecule has 0 saturated carbocycles. The van der Waals surface area contributed by atoms with Gasteiger partial charge >= 0.3 is 0 Å². The Hall–Kier alpha value is -3.69. The summed E-state index contributed by atoms with van der Waals surface area (Å²) in [5.41, 5.74) is 3.07. The van der Waals surface area contributed by atoms with E-state index in [0.717, 1.165) is 35.2 Å². The molecule has 0 bridgehead atoms. The number of aryl methyl sites for hydroxylation is 1. The number of fused-ring (bicyclic) bond motifs is 2. The van der Waals surface area contributed by atoms with E-state index in [9.17, 15) is 4.79 Å². The van der Waals surface area contributed by atoms with E-state index in [1.807, 2.05) is 43.0 Å². The summed E-state index contributed by atoms with van der Waals surface area (Å²) < 4.78 is 16.8. The van der Waals surface area contributed by atoms with Crippen molar-refractivity contribution in [1.29, 1.82) is 0 Å². The SMILES string of the molecule is C=CC(=O)N1C[C@H](C)N(c2nc(N3CC(N(C)C)C3)nc3c(F)c(-c4c(C)[nH]c5ccccc45)c(Cl)cc23)C[C@H]1C. The predicted octanol–water partition coefficient (Wildman–Crippen LogP) is 5.24. The van der Waals surface area contributed by atoms with E-state index < -0.39 is 5.82 Å². The number of halogens is 2. The van der Waals surface area contributed by atoms with Crippen molar-refractivity contribution >= 4 is 51.1 Å². The lowest BCUT2D eigenvalue weighted by atomic mass is 9.99. The molecule has 0 spiro atoms. The topological polar surface area (TPSA) is 71.6 Å². The third kappa shape index (κ3) is 4.51. The molecule has 4 aromatic rings. The van der Waals surface area contributed by atoms with E-state index in [0.29, 0.717) is 46.9 Å². The molecule has 2 aliphatic rings. The van der Waals surface area contributed by atoms with Gasteiger partial charge < -0.3 is 24.6 Å². The molecule has 0 radical (unpaired) electrons. The fourth-order valence-corrected chi connectivity index (χ4v) is 6.43. The number of carbonyl (C=O) groups is 1. The van der Waals surface area contributed by atoms with Crippen LogP contribution in [0.2, 0.25) is 5.02 Å². The molecule has 0 unspecified atom stereocenters. The first kappa shape index (κ1) is 27.5. The maximum atomic E-state index is 16.8. The molecule has 214 valence electrons. The van der Waals surface area contributed by atoms with Gasteiger partial charge in [0.25, 0.3) is 0 Å². The Kier molecular flexibility index (Phi) is 6.90. The highest BCUT2D eigenvalue weighted by Gasteiger charge is 2.36. The highest BCUT2D eigenvalue weighted by molar-refractivity contribution is 6.35. The van der Waals surface area contributed by atoms with E-state index in [1.54, 1.807) is 6.07 Å². The molecule has 41 heavy (non-hydrogen) atoms. The van der Waals surface area contributed by atoms with Crippen molar-refractivity contribution < 1.29 is 9.18 Å². The first-order chi connectivity index (χ1) is 19.6. The van der Waals surface area contributed by atoms with Gasteiger partial charge in [0, 0.05) is 77.4 Å². The average Bonchev–Trinajstić information content (AvgIpc) is 3.24. The van der Waals surface area contributed by atoms with Gasteiger partial charge in [0.15, 0.2) is 5.82 Å². The minimum absolute atomic E-state index is 0.0654. The van der Waals surface area contributed by atoms with Gasteiger partial charge in [0.2, 0.25) is 11.9 Å². The van der Waals surface area contributed by atoms with Crippen LogP contribution in [-0.4, -0.2) is 89.1 Å². The van der Waals surface area contributed by atoms with Crippen molar-refractivity contribution in [1.82, 2.24) is 24.8 Å². The third-order valence-electron chi connectivity index (χ3n) is 8.59. The summed E-state index contributed by atoms with van der Waals surface area (Å²) in [6.45, 7) is 12.2. The van der Waals surface area contributed by atoms with Gasteiger partial charge in [0.05, 0.1) is 5.02 Å². The number of anilines is 2. The molecule has 6 rings (SSSR count). The van der Waals surface area contributed by atoms with Gasteiger partial charge in [-0.2, -0.15) is 4.98 Å². The highest BCUT2D eigenvalue weighted by atomic mass is 35.5. The number of likely N-dealkylation sites (N-methyl/N-ethyl adjacent to an activating group) is 1. The second kappa shape index (κ2) is 10.3. The van der Waals surface area contributed by atoms with Crippen LogP contribution in [0.25, 0.3) is 32.9 Å². The number of amides is 1. The zero-order valence-corrected chi connectivity index (χ0v) is 24.8. The van der Waals surface area contributed by atoms with E-state index >= 15 is 4.39 Å². The van der Waals surface area contributed by atoms with Gasteiger partial charge in [-0.1, -0.05) is 36.4 Å². The molecule has 4 heterocycles. The van der Waals surface area contributed by atoms with Crippen LogP contribution >= 0.6 is 11.6 Å². The van der Waals surface area contributed by atoms with Crippen molar-refractivity contribution in [3.05, 3.63) is 59.5 Å². The smallest absolute Gasteiger partial charge is 0.246 e. The highest BCUT2D eigenvalue weighted by Crippen LogP contribution is 2.43. The molecule has 2 aliphatic heterocycles. The van der Waals surface area contributed by atoms with E-state index in [-0.39, 0.29) is 23.5 Å². The molecule has 10 heteroatoms. The number of nitrogens with one attached hydrogen (secondary N) is 1. The normalized spacial score (nSPS) is 19.9. The number of hydrogen-bond acceptors (Lipinski definition) is 6. The van der Waals surface area contributed by atoms with Crippen LogP contribution in [-0.2, 0) is 4.79 Å². The van der Waals surface area contributed by atoms with Crippen LogP contribution in [0.4, 0.5) is 16.2 Å². The summed E-state index contributed by atoms with van der Waals surface area (Å²) in [7, 11) is 4.11. The summed E-state index contributed by atoms with van der Waals surface area (Å²) in [6.07, 6.45) is 1.35. The fourth-order valence-electron chi connectivity index (χ4n) is 6.15. The van der Waals surface area contributed by atoms with Gasteiger partial charge in [0.1, 0.15) is 11.3 Å². The molecule has 0 aliphatic carbocycles. The predicted molar refractivity (Wildman–Crippen MR) is 164 cm³/mol. The van der Waals surface area contributed by atoms with Crippen molar-refractivity contribution in [3.63, 3.8) is 0 Å². The quantitative estimate of drug-likeness (QED) is 0.328. The molecule has 2 aromatic heterocycles. The molecule has 2 fully saturated rings. The Morgan fingerprint density at radius 2 is 1.83 bits per heavy atom. The van der Waals surface area contributed by atoms with Gasteiger partial charge in [-0.05, 0) is 53.1 Å². The molecule has 8 nitrogen and oxygen atoms in total. The Morgan fingerprint density at radius 1 is 1.10 bits per heavy atom. The van der Waals surface area contributed by atoms with Gasteiger partial charge in [-0.3, -0.25) is 4.79 Å². The van der Waals surface area contributed by atoms with Crippen LogP contribution in [0, 0.1) is 12.7 Å². The lowest BCUT2D eigenvalue weighted by Crippen LogP contribution is -2.59. The van der Waals surface area contributed by atoms with Crippen LogP contribution in [0.15, 0.2) is 43.0 Å². The molecule has 2 atom stereocenters. The van der Waals surface area contributed by atoms with Crippen molar-refractivity contribution in [2.45, 2.75) is 38.9 Å². The molecule has 2 saturated heterocycles. The first-order valence-electron chi connectivity index (χ1n) is 14.0. The Morgan fingerprint density at radius 3 is 2.54 bits per heavy atom. The number of H-pyrrole nitrogens is 1. The zero-order chi connectivity index (χ0) is 29.2. The fraction of sp³-hybridized carbons (Fsp3) is 0.387. The lowest BCUT2D eigenvalue weighted by molar-refractivity contribution is -0.128. The number of aromatic amines is 1. The third-order valence-corrected chi connectivity index (χ3v) is 8.88. The number of rotatable bonds is 5. The minimum atomic E-state index is -0.462. The standard InChI is InChI=1S/C31H35ClFN7O/c1-7-25(41)39-13-18(3)40(14-17(39)2)30-22-12-23(32)27(26-19(4)34-24-11-9-8-10-21(24)26)28(33)29(22)35-31(36-30)38-15-20(16-38)37(5)6/h7-12,17-18,20,34H,1,13-16H2,2-6H3/t17-,18+/m1/s1. The maximum Gasteiger partial charge on any atom is 0.246 e. The number of hydrogen-bond donors (Lipinski definition) is 1. The summed E-state index contributed by atoms with van der Waals surface area (Å²) in [5, 5.41) is 1.77. The van der Waals surface area contributed by atoms with Crippen LogP contribution < -0.4 is 9.80 Å². The van der Waals surface area contributed by atoms with E-state index in [2.05, 4.69) is 47.3 Å². The number of nitrogens with zero attached hydrogens (tertiary/aromatic N) is 6. The second-order valence-corrected chi connectivity index (χ2v) is 11.9. The summed E-state index contributed by atoms with van der Waals surface area (Å²) in [6, 6.07) is 9.86. The Balaban J connectivity index is 1.53. The van der Waals surface area contributed by atoms with Gasteiger partial charge in [-0.25, -0.2) is 9.37 Å².